The molecule has 12 rings (SSSR count). The maximum Gasteiger partial charge on any atom is 0.411 e. The molecule has 0 N–H and O–H groups in total. The molecule has 0 radical (unpaired) electrons. The number of carbonyl (C=O) groups excluding carboxylic acids is 3. The van der Waals surface area contributed by atoms with E-state index in [4.69, 9.17) is 37.7 Å². The lowest BCUT2D eigenvalue weighted by molar-refractivity contribution is -0.127. The zero-order chi connectivity index (χ0) is 66.2. The van der Waals surface area contributed by atoms with Crippen molar-refractivity contribution in [1.82, 2.24) is 28.2 Å². The van der Waals surface area contributed by atoms with Crippen molar-refractivity contribution < 1.29 is 23.9 Å². The van der Waals surface area contributed by atoms with Gasteiger partial charge in [-0.25, -0.2) is 19.6 Å². The summed E-state index contributed by atoms with van der Waals surface area (Å²) in [5.74, 6) is 0. The molecule has 6 saturated carbocycles. The second-order valence-corrected chi connectivity index (χ2v) is 44.6. The van der Waals surface area contributed by atoms with E-state index in [1.165, 1.54) is 16.3 Å². The highest BCUT2D eigenvalue weighted by Gasteiger charge is 2.55. The lowest BCUT2D eigenvalue weighted by Gasteiger charge is -2.57. The predicted octanol–water partition coefficient (Wildman–Crippen LogP) is 21.8. The van der Waals surface area contributed by atoms with Crippen LogP contribution in [0.3, 0.4) is 0 Å². The quantitative estimate of drug-likeness (QED) is 0.0508. The largest absolute Gasteiger partial charge is 0.444 e. The van der Waals surface area contributed by atoms with Gasteiger partial charge < -0.3 is 22.7 Å². The lowest BCUT2D eigenvalue weighted by Crippen LogP contribution is -2.59. The Balaban J connectivity index is 0.000000192. The summed E-state index contributed by atoms with van der Waals surface area (Å²) in [6, 6.07) is 24.9. The van der Waals surface area contributed by atoms with Crippen LogP contribution >= 0.6 is 45.8 Å². The molecule has 6 fully saturated rings. The van der Waals surface area contributed by atoms with Gasteiger partial charge in [-0.05, 0) is 227 Å². The van der Waals surface area contributed by atoms with Crippen molar-refractivity contribution in [3.8, 4) is 0 Å². The van der Waals surface area contributed by atoms with Crippen molar-refractivity contribution in [3.63, 3.8) is 0 Å². The number of hydrogen-bond donors (Lipinski definition) is 0. The summed E-state index contributed by atoms with van der Waals surface area (Å²) >= 11 is 15.6. The van der Waals surface area contributed by atoms with Gasteiger partial charge in [0.25, 0.3) is 0 Å². The Bertz CT molecular complexity index is 3350. The van der Waals surface area contributed by atoms with E-state index in [1.54, 1.807) is 6.20 Å². The summed E-state index contributed by atoms with van der Waals surface area (Å²) < 4.78 is 18.0. The highest BCUT2D eigenvalue weighted by atomic mass is 127. The summed E-state index contributed by atoms with van der Waals surface area (Å²) in [6.07, 6.45) is 21.5. The number of amides is 2. The Morgan fingerprint density at radius 2 is 0.889 bits per heavy atom. The Labute approximate surface area is 566 Å². The third kappa shape index (κ3) is 14.4. The SMILES string of the molecule is CC(C)(C)OC(=O)N(Cc1ccccc1)C12CCC(C=O)(CC1)CC2.CC(C)[Si](C(C)C)(C(C)C)n1ccc2c(CC34CCC(N(Cc5ccccc5)C(=O)OC(C)(C)C)(CC3)CC4)c(Cl)cnc21.CC(C)[Si](C(C)C)(C(C)C)n1ccc2c(I)c(Cl)cnc21. The molecule has 2 aromatic carbocycles. The van der Waals surface area contributed by atoms with E-state index in [-0.39, 0.29) is 34.1 Å². The molecule has 6 aliphatic carbocycles. The molecule has 4 heterocycles. The number of nitrogens with zero attached hydrogens (tertiary/aromatic N) is 6. The fourth-order valence-corrected chi connectivity index (χ4v) is 31.7. The first-order chi connectivity index (χ1) is 42.2. The molecular weight excluding hydrogens is 1310 g/mol. The van der Waals surface area contributed by atoms with Crippen LogP contribution in [0.15, 0.2) is 97.6 Å². The first-order valence-electron chi connectivity index (χ1n) is 33.7. The molecule has 0 unspecified atom stereocenters. The molecule has 90 heavy (non-hydrogen) atoms. The van der Waals surface area contributed by atoms with Crippen LogP contribution in [0.1, 0.15) is 218 Å². The van der Waals surface area contributed by atoms with E-state index in [0.717, 1.165) is 126 Å². The van der Waals surface area contributed by atoms with Crippen molar-refractivity contribution in [2.45, 2.75) is 277 Å². The molecule has 6 aromatic rings. The van der Waals surface area contributed by atoms with E-state index in [2.05, 4.69) is 185 Å². The monoisotopic (exact) mass is 1410 g/mol. The van der Waals surface area contributed by atoms with E-state index >= 15 is 0 Å². The van der Waals surface area contributed by atoms with Crippen LogP contribution in [-0.2, 0) is 33.8 Å². The molecule has 4 aromatic heterocycles. The van der Waals surface area contributed by atoms with E-state index in [1.807, 2.05) is 76.9 Å². The molecule has 0 atom stereocenters. The Kier molecular flexibility index (Phi) is 22.3. The van der Waals surface area contributed by atoms with Gasteiger partial charge in [0.2, 0.25) is 0 Å². The Morgan fingerprint density at radius 3 is 1.24 bits per heavy atom. The maximum absolute atomic E-state index is 13.7. The highest BCUT2D eigenvalue weighted by Crippen LogP contribution is 2.58. The lowest BCUT2D eigenvalue weighted by atomic mass is 9.55. The minimum atomic E-state index is -1.95. The van der Waals surface area contributed by atoms with Gasteiger partial charge in [0.15, 0.2) is 16.5 Å². The first-order valence-corrected chi connectivity index (χ1v) is 39.9. The van der Waals surface area contributed by atoms with Crippen LogP contribution in [-0.4, -0.2) is 85.5 Å². The topological polar surface area (TPSA) is 112 Å². The van der Waals surface area contributed by atoms with Gasteiger partial charge in [-0.2, -0.15) is 0 Å². The second-order valence-electron chi connectivity index (χ2n) is 31.3. The standard InChI is InChI=1S/C37H54ClN3O2Si.C21H29NO3.C16H24ClIN2Si/c1-26(2)44(27(3)4,28(5)6)41-22-15-30-31(32(38)24-39-33(30)41)23-36-16-19-37(20-17-36,21-18-36)40(34(42)43-35(7,8)9)25-29-13-11-10-12-14-29;1-19(2,3)25-18(24)22(15-17-7-5-4-6-8-17)21-12-9-20(16-23,10-13-21)11-14-21;1-10(2)21(11(3)4,12(5)6)20-8-7-13-15(18)14(17)9-19-16(13)20/h10-15,22,24,26-28H,16-21,23,25H2,1-9H3;4-8,16H,9-15H2,1-3H3;7-12H,1-6H3. The van der Waals surface area contributed by atoms with Crippen LogP contribution in [0.5, 0.6) is 0 Å². The maximum atomic E-state index is 13.7. The second kappa shape index (κ2) is 28.0. The molecule has 492 valence electrons. The van der Waals surface area contributed by atoms with E-state index in [9.17, 15) is 14.4 Å². The minimum Gasteiger partial charge on any atom is -0.444 e. The molecular formula is C74H107Cl2IN6O5Si2. The first kappa shape index (κ1) is 71.6. The number of fused-ring (bicyclic) bond motifs is 8. The average Bonchev–Trinajstić information content (AvgIpc) is 1.32. The minimum absolute atomic E-state index is 0.145. The number of aromatic nitrogens is 4. The summed E-state index contributed by atoms with van der Waals surface area (Å²) in [7, 11) is -3.70. The summed E-state index contributed by atoms with van der Waals surface area (Å²) in [5, 5.41) is 3.94. The molecule has 0 saturated heterocycles. The van der Waals surface area contributed by atoms with E-state index < -0.39 is 27.7 Å². The van der Waals surface area contributed by atoms with Crippen molar-refractivity contribution in [2.75, 3.05) is 0 Å². The molecule has 2 amide bonds. The Morgan fingerprint density at radius 1 is 0.544 bits per heavy atom. The summed E-state index contributed by atoms with van der Waals surface area (Å²) in [6.45, 7) is 41.4. The van der Waals surface area contributed by atoms with Crippen molar-refractivity contribution in [1.29, 1.82) is 0 Å². The van der Waals surface area contributed by atoms with Crippen LogP contribution in [0.2, 0.25) is 43.3 Å². The number of hydrogen-bond acceptors (Lipinski definition) is 7. The van der Waals surface area contributed by atoms with Gasteiger partial charge in [0.1, 0.15) is 28.8 Å². The number of benzene rings is 2. The van der Waals surface area contributed by atoms with Gasteiger partial charge >= 0.3 is 12.2 Å². The number of aldehydes is 1. The highest BCUT2D eigenvalue weighted by molar-refractivity contribution is 14.1. The third-order valence-electron chi connectivity index (χ3n) is 21.9. The van der Waals surface area contributed by atoms with Gasteiger partial charge in [0, 0.05) is 56.3 Å². The molecule has 0 spiro atoms. The van der Waals surface area contributed by atoms with Gasteiger partial charge in [-0.1, -0.05) is 167 Å². The zero-order valence-corrected chi connectivity index (χ0v) is 63.4. The molecule has 6 aliphatic rings. The van der Waals surface area contributed by atoms with Gasteiger partial charge in [-0.15, -0.1) is 0 Å². The van der Waals surface area contributed by atoms with Crippen molar-refractivity contribution in [2.24, 2.45) is 10.8 Å². The van der Waals surface area contributed by atoms with Crippen molar-refractivity contribution in [3.05, 3.63) is 128 Å². The fourth-order valence-electron chi connectivity index (χ4n) is 17.7. The predicted molar refractivity (Wildman–Crippen MR) is 387 cm³/mol. The fraction of sp³-hybridized carbons (Fsp3) is 0.608. The summed E-state index contributed by atoms with van der Waals surface area (Å²) in [4.78, 5) is 51.9. The molecule has 4 bridgehead atoms. The van der Waals surface area contributed by atoms with Crippen LogP contribution < -0.4 is 0 Å². The number of ether oxygens (including phenoxy) is 2. The smallest absolute Gasteiger partial charge is 0.411 e. The van der Waals surface area contributed by atoms with Crippen LogP contribution in [0.25, 0.3) is 22.1 Å². The van der Waals surface area contributed by atoms with Crippen LogP contribution in [0.4, 0.5) is 9.59 Å². The Hall–Kier alpha value is -4.23. The molecule has 16 heteroatoms. The summed E-state index contributed by atoms with van der Waals surface area (Å²) in [5.41, 5.74) is 8.13. The number of halogens is 3. The zero-order valence-electron chi connectivity index (χ0n) is 57.7. The van der Waals surface area contributed by atoms with E-state index in [0.29, 0.717) is 46.3 Å². The molecule has 0 aliphatic heterocycles. The number of pyridine rings is 2. The number of rotatable bonds is 17. The number of carbonyl (C=O) groups is 3. The van der Waals surface area contributed by atoms with Gasteiger partial charge in [0.05, 0.1) is 10.0 Å². The third-order valence-corrected chi connectivity index (χ3v) is 37.5. The van der Waals surface area contributed by atoms with Gasteiger partial charge in [-0.3, -0.25) is 9.80 Å². The van der Waals surface area contributed by atoms with Crippen molar-refractivity contribution >= 4 is 103 Å². The van der Waals surface area contributed by atoms with Crippen LogP contribution in [0, 0.1) is 14.4 Å². The molecule has 11 nitrogen and oxygen atoms in total. The normalized spacial score (nSPS) is 21.9. The average molecular weight is 1410 g/mol.